The summed E-state index contributed by atoms with van der Waals surface area (Å²) in [6.07, 6.45) is 2.79. The highest BCUT2D eigenvalue weighted by Gasteiger charge is 2.16. The van der Waals surface area contributed by atoms with Crippen molar-refractivity contribution >= 4 is 22.8 Å². The number of nitrogens with zero attached hydrogens (tertiary/aromatic N) is 1. The highest BCUT2D eigenvalue weighted by atomic mass is 32.2. The molecule has 0 saturated carbocycles. The molecule has 0 saturated heterocycles. The van der Waals surface area contributed by atoms with E-state index in [-0.39, 0.29) is 0 Å². The van der Waals surface area contributed by atoms with Crippen molar-refractivity contribution < 1.29 is 5.11 Å². The van der Waals surface area contributed by atoms with E-state index < -0.39 is 5.60 Å². The fourth-order valence-electron chi connectivity index (χ4n) is 2.05. The van der Waals surface area contributed by atoms with Gasteiger partial charge in [0.15, 0.2) is 5.16 Å². The number of benzene rings is 1. The van der Waals surface area contributed by atoms with E-state index >= 15 is 0 Å². The van der Waals surface area contributed by atoms with E-state index in [4.69, 9.17) is 5.73 Å². The Balaban J connectivity index is 1.78. The van der Waals surface area contributed by atoms with Crippen LogP contribution >= 0.6 is 11.8 Å². The number of nitrogens with one attached hydrogen (secondary N) is 1. The van der Waals surface area contributed by atoms with Crippen molar-refractivity contribution in [2.45, 2.75) is 43.9 Å². The fourth-order valence-corrected chi connectivity index (χ4v) is 2.93. The number of aryl methyl sites for hydroxylation is 1. The van der Waals surface area contributed by atoms with Gasteiger partial charge in [0, 0.05) is 12.3 Å². The Morgan fingerprint density at radius 3 is 2.95 bits per heavy atom. The van der Waals surface area contributed by atoms with Crippen molar-refractivity contribution in [1.29, 1.82) is 0 Å². The van der Waals surface area contributed by atoms with E-state index in [1.165, 1.54) is 5.56 Å². The van der Waals surface area contributed by atoms with Gasteiger partial charge in [-0.2, -0.15) is 0 Å². The predicted octanol–water partition coefficient (Wildman–Crippen LogP) is 2.84. The molecule has 4 nitrogen and oxygen atoms in total. The van der Waals surface area contributed by atoms with Crippen molar-refractivity contribution in [3.05, 3.63) is 23.8 Å². The summed E-state index contributed by atoms with van der Waals surface area (Å²) >= 11 is 1.73. The van der Waals surface area contributed by atoms with E-state index in [9.17, 15) is 5.11 Å². The second-order valence-electron chi connectivity index (χ2n) is 5.57. The molecule has 4 N–H and O–H groups in total. The third-order valence-electron chi connectivity index (χ3n) is 3.40. The summed E-state index contributed by atoms with van der Waals surface area (Å²) < 4.78 is 0. The van der Waals surface area contributed by atoms with E-state index in [0.29, 0.717) is 6.54 Å². The second-order valence-corrected chi connectivity index (χ2v) is 6.65. The molecule has 0 bridgehead atoms. The zero-order valence-corrected chi connectivity index (χ0v) is 13.0. The molecule has 0 radical (unpaired) electrons. The Morgan fingerprint density at radius 1 is 1.40 bits per heavy atom. The van der Waals surface area contributed by atoms with Gasteiger partial charge in [-0.1, -0.05) is 17.8 Å². The second kappa shape index (κ2) is 6.61. The van der Waals surface area contributed by atoms with Crippen LogP contribution in [0.2, 0.25) is 0 Å². The number of fused-ring (bicyclic) bond motifs is 1. The molecular formula is C15H23N3OS. The quantitative estimate of drug-likeness (QED) is 0.542. The van der Waals surface area contributed by atoms with Crippen LogP contribution in [0.5, 0.6) is 0 Å². The fraction of sp³-hybridized carbons (Fsp3) is 0.533. The van der Waals surface area contributed by atoms with Crippen LogP contribution in [0.3, 0.4) is 0 Å². The van der Waals surface area contributed by atoms with Crippen LogP contribution in [0.25, 0.3) is 11.0 Å². The van der Waals surface area contributed by atoms with Crippen LogP contribution in [0.1, 0.15) is 31.7 Å². The monoisotopic (exact) mass is 293 g/mol. The normalized spacial score (nSPS) is 14.6. The molecule has 2 aromatic rings. The largest absolute Gasteiger partial charge is 0.389 e. The van der Waals surface area contributed by atoms with E-state index in [1.54, 1.807) is 18.7 Å². The van der Waals surface area contributed by atoms with Gasteiger partial charge in [-0.25, -0.2) is 4.98 Å². The third kappa shape index (κ3) is 4.23. The molecule has 0 aliphatic heterocycles. The number of thioether (sulfide) groups is 1. The van der Waals surface area contributed by atoms with Crippen LogP contribution in [-0.4, -0.2) is 33.0 Å². The van der Waals surface area contributed by atoms with Gasteiger partial charge >= 0.3 is 0 Å². The molecular weight excluding hydrogens is 270 g/mol. The lowest BCUT2D eigenvalue weighted by Crippen LogP contribution is -2.33. The van der Waals surface area contributed by atoms with Crippen molar-refractivity contribution in [2.75, 3.05) is 12.3 Å². The average molecular weight is 293 g/mol. The van der Waals surface area contributed by atoms with Crippen molar-refractivity contribution in [3.63, 3.8) is 0 Å². The average Bonchev–Trinajstić information content (AvgIpc) is 2.80. The van der Waals surface area contributed by atoms with Gasteiger partial charge < -0.3 is 15.8 Å². The number of imidazole rings is 1. The molecule has 2 rings (SSSR count). The highest BCUT2D eigenvalue weighted by molar-refractivity contribution is 7.99. The minimum atomic E-state index is -0.721. The maximum Gasteiger partial charge on any atom is 0.166 e. The van der Waals surface area contributed by atoms with Gasteiger partial charge in [0.05, 0.1) is 16.6 Å². The summed E-state index contributed by atoms with van der Waals surface area (Å²) in [5.41, 5.74) is 8.13. The van der Waals surface area contributed by atoms with E-state index in [2.05, 4.69) is 29.0 Å². The van der Waals surface area contributed by atoms with Crippen molar-refractivity contribution in [2.24, 2.45) is 5.73 Å². The number of rotatable bonds is 7. The summed E-state index contributed by atoms with van der Waals surface area (Å²) in [5, 5.41) is 10.8. The minimum Gasteiger partial charge on any atom is -0.389 e. The zero-order chi connectivity index (χ0) is 14.6. The Hall–Kier alpha value is -1.04. The molecule has 110 valence electrons. The summed E-state index contributed by atoms with van der Waals surface area (Å²) in [6, 6.07) is 6.24. The smallest absolute Gasteiger partial charge is 0.166 e. The maximum absolute atomic E-state index is 9.81. The number of H-pyrrole nitrogens is 1. The molecule has 0 aliphatic rings. The molecule has 1 atom stereocenters. The Kier molecular flexibility index (Phi) is 5.07. The van der Waals surface area contributed by atoms with Crippen LogP contribution < -0.4 is 5.73 Å². The van der Waals surface area contributed by atoms with Crippen LogP contribution in [-0.2, 0) is 0 Å². The maximum atomic E-state index is 9.81. The zero-order valence-electron chi connectivity index (χ0n) is 12.1. The number of aromatic amines is 1. The first-order valence-electron chi connectivity index (χ1n) is 7.02. The molecule has 1 aromatic heterocycles. The number of hydrogen-bond acceptors (Lipinski definition) is 4. The summed E-state index contributed by atoms with van der Waals surface area (Å²) in [4.78, 5) is 7.89. The standard InChI is InChI=1S/C15H23N3OS/c1-11-5-6-12-13(9-11)18-14(17-12)20-8-4-3-7-15(2,19)10-16/h5-6,9,19H,3-4,7-8,10,16H2,1-2H3,(H,17,18). The molecule has 20 heavy (non-hydrogen) atoms. The topological polar surface area (TPSA) is 74.9 Å². The number of hydrogen-bond donors (Lipinski definition) is 3. The van der Waals surface area contributed by atoms with Crippen molar-refractivity contribution in [1.82, 2.24) is 9.97 Å². The van der Waals surface area contributed by atoms with Gasteiger partial charge in [-0.05, 0) is 50.8 Å². The summed E-state index contributed by atoms with van der Waals surface area (Å²) in [6.45, 7) is 4.20. The molecule has 0 amide bonds. The number of aliphatic hydroxyl groups is 1. The number of unbranched alkanes of at least 4 members (excludes halogenated alkanes) is 1. The molecule has 1 unspecified atom stereocenters. The molecule has 1 heterocycles. The number of nitrogens with two attached hydrogens (primary N) is 1. The first-order valence-corrected chi connectivity index (χ1v) is 8.00. The van der Waals surface area contributed by atoms with Crippen LogP contribution in [0.15, 0.2) is 23.4 Å². The Bertz CT molecular complexity index is 565. The minimum absolute atomic E-state index is 0.322. The van der Waals surface area contributed by atoms with Crippen LogP contribution in [0.4, 0.5) is 0 Å². The van der Waals surface area contributed by atoms with Crippen LogP contribution in [0, 0.1) is 6.92 Å². The molecule has 0 aliphatic carbocycles. The molecule has 5 heteroatoms. The molecule has 1 aromatic carbocycles. The van der Waals surface area contributed by atoms with E-state index in [1.807, 2.05) is 6.07 Å². The predicted molar refractivity (Wildman–Crippen MR) is 85.1 cm³/mol. The third-order valence-corrected chi connectivity index (χ3v) is 4.36. The highest BCUT2D eigenvalue weighted by Crippen LogP contribution is 2.22. The molecule has 0 fully saturated rings. The van der Waals surface area contributed by atoms with E-state index in [0.717, 1.165) is 41.2 Å². The lowest BCUT2D eigenvalue weighted by Gasteiger charge is -2.20. The summed E-state index contributed by atoms with van der Waals surface area (Å²) in [7, 11) is 0. The SMILES string of the molecule is Cc1ccc2nc(SCCCCC(C)(O)CN)[nH]c2c1. The molecule has 0 spiro atoms. The summed E-state index contributed by atoms with van der Waals surface area (Å²) in [5.74, 6) is 0.999. The first kappa shape index (κ1) is 15.4. The van der Waals surface area contributed by atoms with Gasteiger partial charge in [0.25, 0.3) is 0 Å². The van der Waals surface area contributed by atoms with Gasteiger partial charge in [0.2, 0.25) is 0 Å². The number of aromatic nitrogens is 2. The lowest BCUT2D eigenvalue weighted by atomic mass is 10.00. The van der Waals surface area contributed by atoms with Gasteiger partial charge in [-0.3, -0.25) is 0 Å². The Labute approximate surface area is 124 Å². The Morgan fingerprint density at radius 2 is 2.20 bits per heavy atom. The first-order chi connectivity index (χ1) is 9.50. The van der Waals surface area contributed by atoms with Gasteiger partial charge in [-0.15, -0.1) is 0 Å². The lowest BCUT2D eigenvalue weighted by molar-refractivity contribution is 0.0577. The van der Waals surface area contributed by atoms with Crippen molar-refractivity contribution in [3.8, 4) is 0 Å². The van der Waals surface area contributed by atoms with Gasteiger partial charge in [0.1, 0.15) is 0 Å².